The van der Waals surface area contributed by atoms with Crippen LogP contribution in [0.25, 0.3) is 10.9 Å². The van der Waals surface area contributed by atoms with Gasteiger partial charge < -0.3 is 10.6 Å². The molecule has 0 bridgehead atoms. The number of hydrogen-bond acceptors (Lipinski definition) is 7. The number of pyridine rings is 1. The third-order valence-corrected chi connectivity index (χ3v) is 5.19. The van der Waals surface area contributed by atoms with E-state index < -0.39 is 23.8 Å². The second-order valence-electron chi connectivity index (χ2n) is 7.61. The topological polar surface area (TPSA) is 111 Å². The van der Waals surface area contributed by atoms with Crippen molar-refractivity contribution in [2.75, 3.05) is 5.73 Å². The molecular formula is C24H18F3N7O. The van der Waals surface area contributed by atoms with Crippen molar-refractivity contribution in [3.05, 3.63) is 83.2 Å². The molecule has 0 unspecified atom stereocenters. The number of aromatic nitrogens is 5. The average Bonchev–Trinajstić information content (AvgIpc) is 2.84. The molecule has 4 rings (SSSR count). The van der Waals surface area contributed by atoms with Crippen molar-refractivity contribution in [1.82, 2.24) is 30.0 Å². The van der Waals surface area contributed by atoms with Crippen LogP contribution in [0.4, 0.5) is 19.0 Å². The monoisotopic (exact) mass is 477 g/mol. The number of carbonyl (C=O) groups is 1. The van der Waals surface area contributed by atoms with Gasteiger partial charge in [-0.25, -0.2) is 15.0 Å². The number of nitrogen functional groups attached to an aromatic ring is 1. The third kappa shape index (κ3) is 5.01. The largest absolute Gasteiger partial charge is 0.435 e. The van der Waals surface area contributed by atoms with E-state index in [1.807, 2.05) is 0 Å². The van der Waals surface area contributed by atoms with Crippen LogP contribution in [0.1, 0.15) is 39.2 Å². The second-order valence-corrected chi connectivity index (χ2v) is 7.61. The highest BCUT2D eigenvalue weighted by Gasteiger charge is 2.33. The molecule has 3 heterocycles. The number of anilines is 1. The first-order chi connectivity index (χ1) is 16.7. The van der Waals surface area contributed by atoms with Gasteiger partial charge in [0.2, 0.25) is 0 Å². The first-order valence-electron chi connectivity index (χ1n) is 10.3. The van der Waals surface area contributed by atoms with Crippen molar-refractivity contribution in [2.45, 2.75) is 25.7 Å². The lowest BCUT2D eigenvalue weighted by Gasteiger charge is -2.27. The maximum absolute atomic E-state index is 13.6. The van der Waals surface area contributed by atoms with Gasteiger partial charge in [0, 0.05) is 23.3 Å². The van der Waals surface area contributed by atoms with Crippen LogP contribution in [0.2, 0.25) is 0 Å². The van der Waals surface area contributed by atoms with E-state index in [1.165, 1.54) is 17.3 Å². The average molecular weight is 477 g/mol. The van der Waals surface area contributed by atoms with Gasteiger partial charge in [-0.1, -0.05) is 5.92 Å². The van der Waals surface area contributed by atoms with E-state index in [-0.39, 0.29) is 23.6 Å². The zero-order chi connectivity index (χ0) is 25.2. The summed E-state index contributed by atoms with van der Waals surface area (Å²) in [7, 11) is 0. The third-order valence-electron chi connectivity index (χ3n) is 5.19. The van der Waals surface area contributed by atoms with Gasteiger partial charge >= 0.3 is 6.18 Å². The second kappa shape index (κ2) is 9.34. The Balaban J connectivity index is 1.75. The Labute approximate surface area is 198 Å². The van der Waals surface area contributed by atoms with Crippen LogP contribution < -0.4 is 5.73 Å². The van der Waals surface area contributed by atoms with Crippen molar-refractivity contribution in [2.24, 2.45) is 0 Å². The quantitative estimate of drug-likeness (QED) is 0.436. The molecule has 0 radical (unpaired) electrons. The normalized spacial score (nSPS) is 12.2. The fraction of sp³-hybridized carbons (Fsp3) is 0.167. The van der Waals surface area contributed by atoms with Crippen molar-refractivity contribution in [3.63, 3.8) is 0 Å². The Bertz CT molecular complexity index is 1420. The molecule has 11 heteroatoms. The van der Waals surface area contributed by atoms with Gasteiger partial charge in [-0.15, -0.1) is 11.5 Å². The number of halogens is 3. The number of amides is 1. The van der Waals surface area contributed by atoms with Crippen LogP contribution >= 0.6 is 0 Å². The number of nitrogens with two attached hydrogens (primary N) is 1. The Morgan fingerprint density at radius 3 is 2.51 bits per heavy atom. The summed E-state index contributed by atoms with van der Waals surface area (Å²) in [5.41, 5.74) is 6.46. The minimum absolute atomic E-state index is 0.105. The van der Waals surface area contributed by atoms with E-state index in [0.717, 1.165) is 17.7 Å². The standard InChI is InChI=1S/C24H18F3N7O/c1-3-19(22-29-9-4-10-30-22)34(13-17-6-8-20(33-32-17)24(25,26)27)23(35)15-5-7-18-16(12-15)11-14(2)21(28)31-18/h1,4-12,19H,13H2,2H3,(H2,28,31)/t19-/m1/s1. The van der Waals surface area contributed by atoms with E-state index >= 15 is 0 Å². The number of fused-ring (bicyclic) bond motifs is 1. The summed E-state index contributed by atoms with van der Waals surface area (Å²) >= 11 is 0. The van der Waals surface area contributed by atoms with Crippen LogP contribution in [0.3, 0.4) is 0 Å². The molecule has 176 valence electrons. The maximum Gasteiger partial charge on any atom is 0.435 e. The molecule has 1 aromatic carbocycles. The zero-order valence-corrected chi connectivity index (χ0v) is 18.4. The lowest BCUT2D eigenvalue weighted by molar-refractivity contribution is -0.141. The number of hydrogen-bond donors (Lipinski definition) is 1. The molecule has 3 aromatic heterocycles. The van der Waals surface area contributed by atoms with E-state index in [4.69, 9.17) is 12.2 Å². The first kappa shape index (κ1) is 23.6. The Kier molecular flexibility index (Phi) is 6.29. The zero-order valence-electron chi connectivity index (χ0n) is 18.4. The van der Waals surface area contributed by atoms with E-state index in [9.17, 15) is 18.0 Å². The maximum atomic E-state index is 13.6. The van der Waals surface area contributed by atoms with Crippen LogP contribution in [-0.2, 0) is 12.7 Å². The molecule has 8 nitrogen and oxygen atoms in total. The predicted molar refractivity (Wildman–Crippen MR) is 121 cm³/mol. The van der Waals surface area contributed by atoms with E-state index in [2.05, 4.69) is 31.1 Å². The fourth-order valence-electron chi connectivity index (χ4n) is 3.40. The number of carbonyl (C=O) groups excluding carboxylic acids is 1. The smallest absolute Gasteiger partial charge is 0.383 e. The highest BCUT2D eigenvalue weighted by atomic mass is 19.4. The molecule has 1 amide bonds. The van der Waals surface area contributed by atoms with Crippen LogP contribution in [-0.4, -0.2) is 36.0 Å². The molecule has 0 aliphatic rings. The summed E-state index contributed by atoms with van der Waals surface area (Å²) in [5.74, 6) is 2.56. The number of rotatable bonds is 5. The van der Waals surface area contributed by atoms with E-state index in [0.29, 0.717) is 16.7 Å². The van der Waals surface area contributed by atoms with Gasteiger partial charge in [-0.05, 0) is 55.0 Å². The summed E-state index contributed by atoms with van der Waals surface area (Å²) in [6, 6.07) is 9.18. The molecule has 4 aromatic rings. The molecule has 0 fully saturated rings. The Morgan fingerprint density at radius 2 is 1.89 bits per heavy atom. The summed E-state index contributed by atoms with van der Waals surface area (Å²) in [4.78, 5) is 27.5. The minimum atomic E-state index is -4.64. The predicted octanol–water partition coefficient (Wildman–Crippen LogP) is 3.74. The minimum Gasteiger partial charge on any atom is -0.383 e. The summed E-state index contributed by atoms with van der Waals surface area (Å²) in [6.07, 6.45) is 4.06. The van der Waals surface area contributed by atoms with Gasteiger partial charge in [0.25, 0.3) is 5.91 Å². The van der Waals surface area contributed by atoms with Crippen LogP contribution in [0.5, 0.6) is 0 Å². The van der Waals surface area contributed by atoms with Crippen LogP contribution in [0, 0.1) is 19.3 Å². The molecule has 0 spiro atoms. The number of alkyl halides is 3. The van der Waals surface area contributed by atoms with Crippen LogP contribution in [0.15, 0.2) is 54.9 Å². The molecule has 2 N–H and O–H groups in total. The molecule has 0 saturated heterocycles. The highest BCUT2D eigenvalue weighted by Crippen LogP contribution is 2.28. The SMILES string of the molecule is C#C[C@H](c1ncccn1)N(Cc1ccc(C(F)(F)F)nn1)C(=O)c1ccc2nc(N)c(C)cc2c1. The fourth-order valence-corrected chi connectivity index (χ4v) is 3.40. The van der Waals surface area contributed by atoms with Gasteiger partial charge in [-0.3, -0.25) is 4.79 Å². The Morgan fingerprint density at radius 1 is 1.14 bits per heavy atom. The van der Waals surface area contributed by atoms with Crippen molar-refractivity contribution in [1.29, 1.82) is 0 Å². The van der Waals surface area contributed by atoms with Gasteiger partial charge in [0.1, 0.15) is 5.82 Å². The number of aryl methyl sites for hydroxylation is 1. The molecule has 0 aliphatic heterocycles. The first-order valence-corrected chi connectivity index (χ1v) is 10.3. The molecule has 0 aliphatic carbocycles. The summed E-state index contributed by atoms with van der Waals surface area (Å²) in [6.45, 7) is 1.57. The molecule has 1 atom stereocenters. The van der Waals surface area contributed by atoms with Gasteiger partial charge in [0.15, 0.2) is 17.6 Å². The molecular weight excluding hydrogens is 459 g/mol. The lowest BCUT2D eigenvalue weighted by atomic mass is 10.1. The van der Waals surface area contributed by atoms with Crippen molar-refractivity contribution >= 4 is 22.6 Å². The molecule has 35 heavy (non-hydrogen) atoms. The van der Waals surface area contributed by atoms with Crippen molar-refractivity contribution in [3.8, 4) is 12.3 Å². The van der Waals surface area contributed by atoms with Gasteiger partial charge in [-0.2, -0.15) is 18.3 Å². The number of benzene rings is 1. The summed E-state index contributed by atoms with van der Waals surface area (Å²) < 4.78 is 38.7. The Hall–Kier alpha value is -4.59. The van der Waals surface area contributed by atoms with Crippen molar-refractivity contribution < 1.29 is 18.0 Å². The number of nitrogens with zero attached hydrogens (tertiary/aromatic N) is 6. The highest BCUT2D eigenvalue weighted by molar-refractivity contribution is 5.98. The van der Waals surface area contributed by atoms with E-state index in [1.54, 1.807) is 37.3 Å². The number of terminal acetylenes is 1. The van der Waals surface area contributed by atoms with Gasteiger partial charge in [0.05, 0.1) is 17.8 Å². The summed E-state index contributed by atoms with van der Waals surface area (Å²) in [5, 5.41) is 7.57. The molecule has 0 saturated carbocycles. The lowest BCUT2D eigenvalue weighted by Crippen LogP contribution is -2.35.